The van der Waals surface area contributed by atoms with Crippen LogP contribution in [0.5, 0.6) is 0 Å². The monoisotopic (exact) mass is 249 g/mol. The first-order chi connectivity index (χ1) is 7.43. The lowest BCUT2D eigenvalue weighted by atomic mass is 9.97. The Hall–Kier alpha value is -0.130. The van der Waals surface area contributed by atoms with Crippen molar-refractivity contribution < 1.29 is 13.2 Å². The van der Waals surface area contributed by atoms with Crippen molar-refractivity contribution in [2.75, 3.05) is 26.0 Å². The number of ether oxygens (including phenoxy) is 1. The molecule has 0 radical (unpaired) electrons. The molecule has 2 N–H and O–H groups in total. The minimum absolute atomic E-state index is 0.127. The molecule has 4 nitrogen and oxygen atoms in total. The highest BCUT2D eigenvalue weighted by atomic mass is 32.2. The molecule has 1 rings (SSSR count). The molecular weight excluding hydrogens is 226 g/mol. The smallest absolute Gasteiger partial charge is 0.157 e. The maximum atomic E-state index is 12.2. The Balaban J connectivity index is 2.98. The van der Waals surface area contributed by atoms with Crippen LogP contribution in [-0.4, -0.2) is 39.2 Å². The summed E-state index contributed by atoms with van der Waals surface area (Å²) in [4.78, 5) is 0. The lowest BCUT2D eigenvalue weighted by Gasteiger charge is -2.31. The quantitative estimate of drug-likeness (QED) is 0.783. The van der Waals surface area contributed by atoms with Crippen molar-refractivity contribution in [2.45, 2.75) is 31.4 Å². The fourth-order valence-electron chi connectivity index (χ4n) is 2.98. The zero-order valence-electron chi connectivity index (χ0n) is 10.4. The summed E-state index contributed by atoms with van der Waals surface area (Å²) in [5.41, 5.74) is 5.76. The molecule has 0 heterocycles. The maximum absolute atomic E-state index is 12.2. The minimum Gasteiger partial charge on any atom is -0.384 e. The van der Waals surface area contributed by atoms with Crippen molar-refractivity contribution in [3.63, 3.8) is 0 Å². The van der Waals surface area contributed by atoms with Gasteiger partial charge in [0, 0.05) is 26.0 Å². The number of methoxy groups -OCH3 is 1. The molecule has 0 aromatic rings. The van der Waals surface area contributed by atoms with Gasteiger partial charge in [0.1, 0.15) is 0 Å². The molecule has 0 aliphatic heterocycles. The molecule has 96 valence electrons. The molecule has 1 aliphatic rings. The van der Waals surface area contributed by atoms with Crippen LogP contribution >= 0.6 is 0 Å². The van der Waals surface area contributed by atoms with E-state index in [2.05, 4.69) is 0 Å². The fraction of sp³-hybridized carbons (Fsp3) is 1.00. The third kappa shape index (κ3) is 2.13. The average Bonchev–Trinajstić information content (AvgIpc) is 2.57. The van der Waals surface area contributed by atoms with Gasteiger partial charge < -0.3 is 10.5 Å². The normalized spacial score (nSPS) is 35.5. The lowest BCUT2D eigenvalue weighted by Crippen LogP contribution is -2.48. The van der Waals surface area contributed by atoms with Crippen molar-refractivity contribution in [1.29, 1.82) is 0 Å². The Morgan fingerprint density at radius 1 is 1.50 bits per heavy atom. The summed E-state index contributed by atoms with van der Waals surface area (Å²) >= 11 is 0. The van der Waals surface area contributed by atoms with Crippen LogP contribution in [0.2, 0.25) is 0 Å². The Morgan fingerprint density at radius 3 is 2.56 bits per heavy atom. The topological polar surface area (TPSA) is 69.4 Å². The molecule has 0 unspecified atom stereocenters. The summed E-state index contributed by atoms with van der Waals surface area (Å²) in [6, 6.07) is 0. The van der Waals surface area contributed by atoms with Gasteiger partial charge in [-0.3, -0.25) is 0 Å². The van der Waals surface area contributed by atoms with Gasteiger partial charge in [0.25, 0.3) is 0 Å². The number of hydrogen-bond acceptors (Lipinski definition) is 4. The number of sulfone groups is 1. The predicted octanol–water partition coefficient (Wildman–Crippen LogP) is 0.811. The van der Waals surface area contributed by atoms with Crippen LogP contribution in [0.1, 0.15) is 26.7 Å². The average molecular weight is 249 g/mol. The van der Waals surface area contributed by atoms with E-state index in [1.54, 1.807) is 14.0 Å². The summed E-state index contributed by atoms with van der Waals surface area (Å²) in [6.07, 6.45) is 1.54. The van der Waals surface area contributed by atoms with Crippen LogP contribution < -0.4 is 5.73 Å². The van der Waals surface area contributed by atoms with E-state index in [-0.39, 0.29) is 18.2 Å². The second-order valence-corrected chi connectivity index (χ2v) is 7.45. The first-order valence-electron chi connectivity index (χ1n) is 5.84. The van der Waals surface area contributed by atoms with E-state index in [4.69, 9.17) is 10.5 Å². The zero-order chi connectivity index (χ0) is 12.4. The van der Waals surface area contributed by atoms with Gasteiger partial charge in [0.05, 0.1) is 4.75 Å². The molecule has 1 aliphatic carbocycles. The van der Waals surface area contributed by atoms with Crippen molar-refractivity contribution in [2.24, 2.45) is 17.6 Å². The van der Waals surface area contributed by atoms with Crippen molar-refractivity contribution in [3.05, 3.63) is 0 Å². The van der Waals surface area contributed by atoms with Crippen LogP contribution in [0.3, 0.4) is 0 Å². The molecular formula is C11H23NO3S. The van der Waals surface area contributed by atoms with Gasteiger partial charge >= 0.3 is 0 Å². The molecule has 0 saturated heterocycles. The van der Waals surface area contributed by atoms with Crippen LogP contribution in [-0.2, 0) is 14.6 Å². The number of hydrogen-bond donors (Lipinski definition) is 1. The number of rotatable bonds is 5. The second kappa shape index (κ2) is 5.02. The lowest BCUT2D eigenvalue weighted by molar-refractivity contribution is 0.152. The zero-order valence-corrected chi connectivity index (χ0v) is 11.2. The summed E-state index contributed by atoms with van der Waals surface area (Å²) in [6.45, 7) is 4.55. The van der Waals surface area contributed by atoms with E-state index in [0.717, 1.165) is 6.42 Å². The molecule has 0 aromatic heterocycles. The molecule has 5 heteroatoms. The first kappa shape index (κ1) is 13.9. The molecule has 1 fully saturated rings. The van der Waals surface area contributed by atoms with Gasteiger partial charge in [-0.05, 0) is 24.7 Å². The standard InChI is InChI=1S/C11H23NO3S/c1-4-16(13,14)11(8-12)6-10(7-15-3)5-9(11)2/h9-10H,4-8,12H2,1-3H3/t9-,10-,11+/m1/s1. The Labute approximate surface area is 98.5 Å². The van der Waals surface area contributed by atoms with Gasteiger partial charge in [0.15, 0.2) is 9.84 Å². The third-order valence-corrected chi connectivity index (χ3v) is 6.70. The molecule has 3 atom stereocenters. The highest BCUT2D eigenvalue weighted by molar-refractivity contribution is 7.92. The summed E-state index contributed by atoms with van der Waals surface area (Å²) in [5, 5.41) is 0. The SMILES string of the molecule is CCS(=O)(=O)[C@]1(CN)C[C@H](COC)C[C@H]1C. The highest BCUT2D eigenvalue weighted by Gasteiger charge is 2.52. The van der Waals surface area contributed by atoms with Gasteiger partial charge in [0.2, 0.25) is 0 Å². The van der Waals surface area contributed by atoms with Crippen molar-refractivity contribution >= 4 is 9.84 Å². The summed E-state index contributed by atoms with van der Waals surface area (Å²) in [5.74, 6) is 0.626. The van der Waals surface area contributed by atoms with E-state index in [0.29, 0.717) is 18.9 Å². The van der Waals surface area contributed by atoms with Gasteiger partial charge in [-0.25, -0.2) is 8.42 Å². The van der Waals surface area contributed by atoms with Crippen LogP contribution in [0, 0.1) is 11.8 Å². The Kier molecular flexibility index (Phi) is 4.37. The van der Waals surface area contributed by atoms with E-state index in [9.17, 15) is 8.42 Å². The van der Waals surface area contributed by atoms with Crippen molar-refractivity contribution in [3.8, 4) is 0 Å². The largest absolute Gasteiger partial charge is 0.384 e. The van der Waals surface area contributed by atoms with Gasteiger partial charge in [-0.15, -0.1) is 0 Å². The molecule has 0 aromatic carbocycles. The van der Waals surface area contributed by atoms with E-state index >= 15 is 0 Å². The summed E-state index contributed by atoms with van der Waals surface area (Å²) < 4.78 is 28.8. The Morgan fingerprint density at radius 2 is 2.12 bits per heavy atom. The molecule has 0 spiro atoms. The first-order valence-corrected chi connectivity index (χ1v) is 7.50. The van der Waals surface area contributed by atoms with E-state index < -0.39 is 14.6 Å². The van der Waals surface area contributed by atoms with E-state index in [1.807, 2.05) is 6.92 Å². The number of nitrogens with two attached hydrogens (primary N) is 1. The highest BCUT2D eigenvalue weighted by Crippen LogP contribution is 2.44. The van der Waals surface area contributed by atoms with Gasteiger partial charge in [-0.2, -0.15) is 0 Å². The molecule has 1 saturated carbocycles. The fourth-order valence-corrected chi connectivity index (χ4v) is 5.01. The van der Waals surface area contributed by atoms with Gasteiger partial charge in [-0.1, -0.05) is 13.8 Å². The third-order valence-electron chi connectivity index (χ3n) is 3.97. The van der Waals surface area contributed by atoms with Crippen LogP contribution in [0.25, 0.3) is 0 Å². The van der Waals surface area contributed by atoms with Crippen LogP contribution in [0.15, 0.2) is 0 Å². The molecule has 16 heavy (non-hydrogen) atoms. The second-order valence-electron chi connectivity index (χ2n) is 4.83. The van der Waals surface area contributed by atoms with Crippen LogP contribution in [0.4, 0.5) is 0 Å². The van der Waals surface area contributed by atoms with Crippen molar-refractivity contribution in [1.82, 2.24) is 0 Å². The molecule has 0 amide bonds. The van der Waals surface area contributed by atoms with E-state index in [1.165, 1.54) is 0 Å². The maximum Gasteiger partial charge on any atom is 0.157 e. The molecule has 0 bridgehead atoms. The minimum atomic E-state index is -3.09. The predicted molar refractivity (Wildman–Crippen MR) is 65.0 cm³/mol. The summed E-state index contributed by atoms with van der Waals surface area (Å²) in [7, 11) is -1.44. The Bertz CT molecular complexity index is 328.